The molecule has 0 bridgehead atoms. The van der Waals surface area contributed by atoms with Gasteiger partial charge in [-0.05, 0) is 24.5 Å². The van der Waals surface area contributed by atoms with Gasteiger partial charge >= 0.3 is 0 Å². The van der Waals surface area contributed by atoms with E-state index in [2.05, 4.69) is 34.4 Å². The van der Waals surface area contributed by atoms with Crippen molar-refractivity contribution < 1.29 is 9.59 Å². The van der Waals surface area contributed by atoms with E-state index >= 15 is 0 Å². The Kier molecular flexibility index (Phi) is 4.15. The second-order valence-corrected chi connectivity index (χ2v) is 4.64. The van der Waals surface area contributed by atoms with Crippen molar-refractivity contribution in [2.24, 2.45) is 0 Å². The van der Waals surface area contributed by atoms with E-state index in [4.69, 9.17) is 0 Å². The summed E-state index contributed by atoms with van der Waals surface area (Å²) >= 11 is 0. The van der Waals surface area contributed by atoms with E-state index in [1.54, 1.807) is 0 Å². The van der Waals surface area contributed by atoms with Crippen LogP contribution in [-0.2, 0) is 22.7 Å². The monoisotopic (exact) mass is 249 g/mol. The molecule has 1 unspecified atom stereocenters. The molecule has 5 nitrogen and oxygen atoms in total. The maximum absolute atomic E-state index is 11.5. The number of piperidine rings is 1. The van der Waals surface area contributed by atoms with Crippen LogP contribution in [0.3, 0.4) is 0 Å². The molecule has 1 fully saturated rings. The lowest BCUT2D eigenvalue weighted by Crippen LogP contribution is -2.50. The van der Waals surface area contributed by atoms with Gasteiger partial charge in [0.05, 0.1) is 6.04 Å². The standard InChI is InChI=1S/C13H19N3O2/c1-2-6-16-7-5-10(9-16)8-14-11-3-4-12(17)15-13(11)18/h5,7,9,11,14H,2-4,6,8H2,1H3,(H,15,17,18). The highest BCUT2D eigenvalue weighted by Crippen LogP contribution is 2.07. The average Bonchev–Trinajstić information content (AvgIpc) is 2.76. The highest BCUT2D eigenvalue weighted by molar-refractivity contribution is 6.00. The third-order valence-corrected chi connectivity index (χ3v) is 3.09. The smallest absolute Gasteiger partial charge is 0.243 e. The van der Waals surface area contributed by atoms with Crippen LogP contribution in [0.15, 0.2) is 18.5 Å². The van der Waals surface area contributed by atoms with Crippen molar-refractivity contribution in [2.45, 2.75) is 45.3 Å². The Labute approximate surface area is 107 Å². The van der Waals surface area contributed by atoms with Gasteiger partial charge in [-0.2, -0.15) is 0 Å². The molecule has 5 heteroatoms. The Hall–Kier alpha value is -1.62. The molecule has 1 aromatic rings. The van der Waals surface area contributed by atoms with Crippen molar-refractivity contribution in [1.29, 1.82) is 0 Å². The molecule has 0 aromatic carbocycles. The molecule has 1 saturated heterocycles. The van der Waals surface area contributed by atoms with Crippen LogP contribution < -0.4 is 10.6 Å². The van der Waals surface area contributed by atoms with Gasteiger partial charge in [0.1, 0.15) is 0 Å². The molecule has 0 aliphatic carbocycles. The third kappa shape index (κ3) is 3.20. The van der Waals surface area contributed by atoms with Crippen molar-refractivity contribution in [3.8, 4) is 0 Å². The van der Waals surface area contributed by atoms with Gasteiger partial charge in [0.15, 0.2) is 0 Å². The average molecular weight is 249 g/mol. The number of carbonyl (C=O) groups excluding carboxylic acids is 2. The summed E-state index contributed by atoms with van der Waals surface area (Å²) in [6, 6.07) is 1.80. The van der Waals surface area contributed by atoms with Crippen molar-refractivity contribution >= 4 is 11.8 Å². The van der Waals surface area contributed by atoms with Gasteiger partial charge in [-0.3, -0.25) is 14.9 Å². The third-order valence-electron chi connectivity index (χ3n) is 3.09. The number of hydrogen-bond donors (Lipinski definition) is 2. The maximum atomic E-state index is 11.5. The molecule has 2 heterocycles. The summed E-state index contributed by atoms with van der Waals surface area (Å²) in [6.07, 6.45) is 6.24. The van der Waals surface area contributed by atoms with Crippen LogP contribution in [0.25, 0.3) is 0 Å². The van der Waals surface area contributed by atoms with Crippen molar-refractivity contribution in [2.75, 3.05) is 0 Å². The second kappa shape index (κ2) is 5.82. The molecule has 18 heavy (non-hydrogen) atoms. The SMILES string of the molecule is CCCn1ccc(CNC2CCC(=O)NC2=O)c1. The lowest BCUT2D eigenvalue weighted by molar-refractivity contribution is -0.134. The van der Waals surface area contributed by atoms with E-state index in [9.17, 15) is 9.59 Å². The summed E-state index contributed by atoms with van der Waals surface area (Å²) in [4.78, 5) is 22.5. The summed E-state index contributed by atoms with van der Waals surface area (Å²) < 4.78 is 2.14. The number of imide groups is 1. The molecular formula is C13H19N3O2. The van der Waals surface area contributed by atoms with Crippen LogP contribution >= 0.6 is 0 Å². The Morgan fingerprint density at radius 2 is 2.33 bits per heavy atom. The molecule has 2 amide bonds. The molecule has 0 spiro atoms. The molecule has 2 rings (SSSR count). The number of carbonyl (C=O) groups is 2. The molecule has 1 aliphatic heterocycles. The summed E-state index contributed by atoms with van der Waals surface area (Å²) in [5.41, 5.74) is 1.16. The predicted octanol–water partition coefficient (Wildman–Crippen LogP) is 0.793. The van der Waals surface area contributed by atoms with Gasteiger partial charge in [-0.25, -0.2) is 0 Å². The number of hydrogen-bond acceptors (Lipinski definition) is 3. The molecule has 98 valence electrons. The zero-order valence-electron chi connectivity index (χ0n) is 10.6. The van der Waals surface area contributed by atoms with E-state index in [1.165, 1.54) is 0 Å². The number of aryl methyl sites for hydroxylation is 1. The van der Waals surface area contributed by atoms with Crippen molar-refractivity contribution in [3.05, 3.63) is 24.0 Å². The number of aromatic nitrogens is 1. The Bertz CT molecular complexity index is 439. The van der Waals surface area contributed by atoms with Crippen LogP contribution in [0.4, 0.5) is 0 Å². The Morgan fingerprint density at radius 3 is 3.06 bits per heavy atom. The first kappa shape index (κ1) is 12.8. The summed E-state index contributed by atoms with van der Waals surface area (Å²) in [6.45, 7) is 3.81. The van der Waals surface area contributed by atoms with E-state index in [-0.39, 0.29) is 17.9 Å². The van der Waals surface area contributed by atoms with Crippen LogP contribution in [0.5, 0.6) is 0 Å². The number of amides is 2. The van der Waals surface area contributed by atoms with Crippen LogP contribution in [0.1, 0.15) is 31.7 Å². The number of nitrogens with one attached hydrogen (secondary N) is 2. The van der Waals surface area contributed by atoms with Gasteiger partial charge < -0.3 is 9.88 Å². The predicted molar refractivity (Wildman–Crippen MR) is 67.7 cm³/mol. The van der Waals surface area contributed by atoms with Gasteiger partial charge in [-0.15, -0.1) is 0 Å². The van der Waals surface area contributed by atoms with Crippen LogP contribution in [-0.4, -0.2) is 22.4 Å². The lowest BCUT2D eigenvalue weighted by atomic mass is 10.1. The zero-order valence-corrected chi connectivity index (χ0v) is 10.6. The first-order valence-corrected chi connectivity index (χ1v) is 6.40. The molecular weight excluding hydrogens is 230 g/mol. The van der Waals surface area contributed by atoms with Gasteiger partial charge in [-0.1, -0.05) is 6.92 Å². The molecule has 2 N–H and O–H groups in total. The van der Waals surface area contributed by atoms with Gasteiger partial charge in [0.2, 0.25) is 11.8 Å². The molecule has 1 aliphatic rings. The highest BCUT2D eigenvalue weighted by atomic mass is 16.2. The van der Waals surface area contributed by atoms with E-state index in [1.807, 2.05) is 6.20 Å². The van der Waals surface area contributed by atoms with Gasteiger partial charge in [0, 0.05) is 31.9 Å². The first-order valence-electron chi connectivity index (χ1n) is 6.40. The van der Waals surface area contributed by atoms with Crippen molar-refractivity contribution in [3.63, 3.8) is 0 Å². The van der Waals surface area contributed by atoms with E-state index in [0.717, 1.165) is 18.5 Å². The fourth-order valence-electron chi connectivity index (χ4n) is 2.12. The largest absolute Gasteiger partial charge is 0.354 e. The quantitative estimate of drug-likeness (QED) is 0.758. The highest BCUT2D eigenvalue weighted by Gasteiger charge is 2.25. The minimum Gasteiger partial charge on any atom is -0.354 e. The van der Waals surface area contributed by atoms with Crippen LogP contribution in [0.2, 0.25) is 0 Å². The zero-order chi connectivity index (χ0) is 13.0. The lowest BCUT2D eigenvalue weighted by Gasteiger charge is -2.21. The van der Waals surface area contributed by atoms with Crippen LogP contribution in [0, 0.1) is 0 Å². The molecule has 0 saturated carbocycles. The summed E-state index contributed by atoms with van der Waals surface area (Å²) in [5, 5.41) is 5.53. The molecule has 1 aromatic heterocycles. The second-order valence-electron chi connectivity index (χ2n) is 4.64. The molecule has 1 atom stereocenters. The normalized spacial score (nSPS) is 19.9. The first-order chi connectivity index (χ1) is 8.69. The van der Waals surface area contributed by atoms with Gasteiger partial charge in [0.25, 0.3) is 0 Å². The topological polar surface area (TPSA) is 63.1 Å². The maximum Gasteiger partial charge on any atom is 0.243 e. The number of nitrogens with zero attached hydrogens (tertiary/aromatic N) is 1. The number of rotatable bonds is 5. The summed E-state index contributed by atoms with van der Waals surface area (Å²) in [5.74, 6) is -0.383. The minimum absolute atomic E-state index is 0.174. The summed E-state index contributed by atoms with van der Waals surface area (Å²) in [7, 11) is 0. The fraction of sp³-hybridized carbons (Fsp3) is 0.538. The Morgan fingerprint density at radius 1 is 1.50 bits per heavy atom. The van der Waals surface area contributed by atoms with E-state index < -0.39 is 0 Å². The minimum atomic E-state index is -0.253. The van der Waals surface area contributed by atoms with E-state index in [0.29, 0.717) is 19.4 Å². The Balaban J connectivity index is 1.83. The van der Waals surface area contributed by atoms with Crippen molar-refractivity contribution in [1.82, 2.24) is 15.2 Å². The fourth-order valence-corrected chi connectivity index (χ4v) is 2.12. The molecule has 0 radical (unpaired) electrons.